The quantitative estimate of drug-likeness (QED) is 0.0582. The highest BCUT2D eigenvalue weighted by molar-refractivity contribution is 6.19. The molecule has 4 aromatic heterocycles. The molecule has 0 N–H and O–H groups in total. The smallest absolute Gasteiger partial charge is 0.138 e. The van der Waals surface area contributed by atoms with Crippen molar-refractivity contribution in [1.29, 1.82) is 0 Å². The summed E-state index contributed by atoms with van der Waals surface area (Å²) in [4.78, 5) is 10.2. The Morgan fingerprint density at radius 1 is 0.407 bits per heavy atom. The fraction of sp³-hybridized carbons (Fsp3) is 0.0617. The first-order valence-corrected chi connectivity index (χ1v) is 29.1. The second-order valence-corrected chi connectivity index (χ2v) is 20.1. The molecule has 9 aromatic carbocycles. The summed E-state index contributed by atoms with van der Waals surface area (Å²) in [5.74, 6) is 0.840. The van der Waals surface area contributed by atoms with Crippen LogP contribution in [0, 0.1) is 0 Å². The third kappa shape index (κ3) is 13.1. The van der Waals surface area contributed by atoms with E-state index in [4.69, 9.17) is 9.98 Å². The lowest BCUT2D eigenvalue weighted by Gasteiger charge is -2.11. The van der Waals surface area contributed by atoms with E-state index < -0.39 is 0 Å². The summed E-state index contributed by atoms with van der Waals surface area (Å²) in [6.07, 6.45) is 22.9. The number of hydrogen-bond acceptors (Lipinski definition) is 2. The molecular weight excluding hydrogens is 1040 g/mol. The second kappa shape index (κ2) is 29.4. The van der Waals surface area contributed by atoms with Crippen molar-refractivity contribution in [3.63, 3.8) is 0 Å². The Hall–Kier alpha value is -10.9. The molecule has 0 atom stereocenters. The third-order valence-electron chi connectivity index (χ3n) is 14.4. The van der Waals surface area contributed by atoms with Crippen molar-refractivity contribution < 1.29 is 0 Å². The number of hydrogen-bond donors (Lipinski definition) is 0. The maximum absolute atomic E-state index is 5.39. The lowest BCUT2D eigenvalue weighted by Crippen LogP contribution is -2.09. The van der Waals surface area contributed by atoms with Crippen LogP contribution in [0.2, 0.25) is 0 Å². The number of rotatable bonds is 10. The predicted octanol–water partition coefficient (Wildman–Crippen LogP) is 22.6. The lowest BCUT2D eigenvalue weighted by atomic mass is 10.0. The first-order chi connectivity index (χ1) is 42.3. The fourth-order valence-corrected chi connectivity index (χ4v) is 10.7. The molecule has 4 heterocycles. The number of fused-ring (bicyclic) bond motifs is 9. The Kier molecular flexibility index (Phi) is 20.4. The van der Waals surface area contributed by atoms with Crippen LogP contribution < -0.4 is 0 Å². The van der Waals surface area contributed by atoms with Gasteiger partial charge < -0.3 is 9.13 Å². The van der Waals surface area contributed by atoms with Gasteiger partial charge in [-0.25, -0.2) is 4.99 Å². The molecule has 5 nitrogen and oxygen atoms in total. The molecule has 13 rings (SSSR count). The highest BCUT2D eigenvalue weighted by Gasteiger charge is 2.19. The van der Waals surface area contributed by atoms with E-state index in [1.807, 2.05) is 76.4 Å². The average molecular weight is 1120 g/mol. The lowest BCUT2D eigenvalue weighted by molar-refractivity contribution is 1.17. The number of allylic oxidation sites excluding steroid dienone is 10. The number of pyridine rings is 1. The molecule has 422 valence electrons. The van der Waals surface area contributed by atoms with Crippen molar-refractivity contribution >= 4 is 83.2 Å². The van der Waals surface area contributed by atoms with E-state index in [1.54, 1.807) is 24.3 Å². The van der Waals surface area contributed by atoms with Crippen molar-refractivity contribution in [2.24, 2.45) is 4.99 Å². The summed E-state index contributed by atoms with van der Waals surface area (Å²) in [5, 5.41) is 5.93. The van der Waals surface area contributed by atoms with Gasteiger partial charge in [0.2, 0.25) is 0 Å². The maximum Gasteiger partial charge on any atom is 0.138 e. The van der Waals surface area contributed by atoms with Gasteiger partial charge in [-0.2, -0.15) is 0 Å². The van der Waals surface area contributed by atoms with Crippen LogP contribution in [0.4, 0.5) is 0 Å². The van der Waals surface area contributed by atoms with Crippen molar-refractivity contribution in [3.8, 4) is 33.6 Å². The maximum atomic E-state index is 5.39. The summed E-state index contributed by atoms with van der Waals surface area (Å²) in [6.45, 7) is 23.4. The molecule has 0 aliphatic carbocycles. The van der Waals surface area contributed by atoms with Gasteiger partial charge in [-0.1, -0.05) is 220 Å². The van der Waals surface area contributed by atoms with Gasteiger partial charge in [0.25, 0.3) is 0 Å². The Labute approximate surface area is 507 Å². The molecule has 0 unspecified atom stereocenters. The summed E-state index contributed by atoms with van der Waals surface area (Å²) in [7, 11) is 0. The summed E-state index contributed by atoms with van der Waals surface area (Å²) >= 11 is 0. The molecule has 0 saturated carbocycles. The van der Waals surface area contributed by atoms with Crippen molar-refractivity contribution in [2.45, 2.75) is 34.6 Å². The molecule has 0 spiro atoms. The highest BCUT2D eigenvalue weighted by atomic mass is 15.1. The number of nitrogens with zero attached hydrogens (tertiary/aromatic N) is 5. The van der Waals surface area contributed by atoms with Crippen molar-refractivity contribution in [3.05, 3.63) is 335 Å². The van der Waals surface area contributed by atoms with E-state index in [9.17, 15) is 0 Å². The SMILES string of the molecule is C=C/C=C\C.C=C/C=C\C.C=CC.C=CC.C\C=C(/N=C(\C=C\c1ccccc1)n1c2ccccc2c2cc(-c3ccc4c(c3)c3ccccc3n4-c3ccc(-c4ccc5c(c4)c4ncccc4n5-c4ccccc4)cc3)ccc21)c1ccccc1. The van der Waals surface area contributed by atoms with Crippen LogP contribution >= 0.6 is 0 Å². The first kappa shape index (κ1) is 59.7. The Balaban J connectivity index is 0.000000496. The van der Waals surface area contributed by atoms with Gasteiger partial charge in [-0.15, -0.1) is 13.2 Å². The average Bonchev–Trinajstić information content (AvgIpc) is 2.25. The molecule has 0 aliphatic heterocycles. The zero-order valence-electron chi connectivity index (χ0n) is 49.9. The van der Waals surface area contributed by atoms with E-state index >= 15 is 0 Å². The molecular formula is C81H73N5. The summed E-state index contributed by atoms with van der Waals surface area (Å²) in [5.41, 5.74) is 17.8. The van der Waals surface area contributed by atoms with E-state index in [2.05, 4.69) is 277 Å². The van der Waals surface area contributed by atoms with Gasteiger partial charge in [0.15, 0.2) is 0 Å². The van der Waals surface area contributed by atoms with E-state index in [0.717, 1.165) is 83.7 Å². The van der Waals surface area contributed by atoms with Gasteiger partial charge >= 0.3 is 0 Å². The molecule has 86 heavy (non-hydrogen) atoms. The first-order valence-electron chi connectivity index (χ1n) is 29.1. The van der Waals surface area contributed by atoms with Gasteiger partial charge in [0.1, 0.15) is 5.84 Å². The number of aliphatic imine (C=N–C) groups is 1. The van der Waals surface area contributed by atoms with E-state index in [-0.39, 0.29) is 0 Å². The zero-order chi connectivity index (χ0) is 60.2. The fourth-order valence-electron chi connectivity index (χ4n) is 10.7. The topological polar surface area (TPSA) is 40.0 Å². The minimum atomic E-state index is 0.840. The minimum Gasteiger partial charge on any atom is -0.309 e. The van der Waals surface area contributed by atoms with Crippen LogP contribution in [0.3, 0.4) is 0 Å². The normalized spacial score (nSPS) is 11.5. The zero-order valence-corrected chi connectivity index (χ0v) is 49.9. The van der Waals surface area contributed by atoms with Crippen LogP contribution in [-0.4, -0.2) is 24.5 Å². The Morgan fingerprint density at radius 2 is 0.837 bits per heavy atom. The predicted molar refractivity (Wildman–Crippen MR) is 377 cm³/mol. The largest absolute Gasteiger partial charge is 0.309 e. The monoisotopic (exact) mass is 1120 g/mol. The molecule has 0 amide bonds. The van der Waals surface area contributed by atoms with Gasteiger partial charge in [-0.05, 0) is 159 Å². The molecule has 0 radical (unpaired) electrons. The summed E-state index contributed by atoms with van der Waals surface area (Å²) < 4.78 is 7.01. The van der Waals surface area contributed by atoms with E-state index in [0.29, 0.717) is 0 Å². The highest BCUT2D eigenvalue weighted by Crippen LogP contribution is 2.39. The molecule has 13 aromatic rings. The van der Waals surface area contributed by atoms with Gasteiger partial charge in [0.05, 0.1) is 44.3 Å². The molecule has 0 bridgehead atoms. The second-order valence-electron chi connectivity index (χ2n) is 20.1. The number of aromatic nitrogens is 4. The van der Waals surface area contributed by atoms with Crippen molar-refractivity contribution in [2.75, 3.05) is 0 Å². The minimum absolute atomic E-state index is 0.840. The van der Waals surface area contributed by atoms with Crippen LogP contribution in [0.1, 0.15) is 45.7 Å². The third-order valence-corrected chi connectivity index (χ3v) is 14.4. The van der Waals surface area contributed by atoms with Crippen LogP contribution in [0.15, 0.2) is 329 Å². The molecule has 5 heteroatoms. The molecule has 0 saturated heterocycles. The van der Waals surface area contributed by atoms with E-state index in [1.165, 1.54) is 38.1 Å². The number of para-hydroxylation sites is 3. The van der Waals surface area contributed by atoms with Gasteiger partial charge in [-0.3, -0.25) is 9.55 Å². The van der Waals surface area contributed by atoms with Crippen LogP contribution in [0.25, 0.3) is 111 Å². The Bertz CT molecular complexity index is 4590. The summed E-state index contributed by atoms with van der Waals surface area (Å²) in [6, 6.07) is 82.5. The number of benzene rings is 9. The molecule has 0 aliphatic rings. The molecule has 0 fully saturated rings. The van der Waals surface area contributed by atoms with Crippen LogP contribution in [0.5, 0.6) is 0 Å². The van der Waals surface area contributed by atoms with Crippen molar-refractivity contribution in [1.82, 2.24) is 18.7 Å². The standard InChI is InChI=1S/C65H45N5.2C5H8.2C3H6/c1-2-57(46-19-8-4-9-20-46)67-64(39-28-44-17-6-3-7-18-44)70-59-26-15-13-24-53(59)55-42-49(33-37-61(55)70)48-32-36-60-54(41-48)52-23-12-14-25-58(52)68(60)51-34-29-45(30-35-51)47-31-38-62-56(43-47)65-63(27-16-40-66-65)69(62)50-21-10-5-11-22-50;2*1-3-5-4-2;2*1-3-2/h2-43H,1H3;2*3-5H,1H2,2H3;2*3H,1H2,2H3/b39-28+,57-2-,67-64+;2*5-4-;;. The van der Waals surface area contributed by atoms with Gasteiger partial charge in [0, 0.05) is 44.5 Å². The Morgan fingerprint density at radius 3 is 1.42 bits per heavy atom. The van der Waals surface area contributed by atoms with Crippen LogP contribution in [-0.2, 0) is 0 Å².